The Kier molecular flexibility index (Phi) is 3.45. The van der Waals surface area contributed by atoms with Crippen molar-refractivity contribution in [2.75, 3.05) is 13.2 Å². The molecule has 2 N–H and O–H groups in total. The van der Waals surface area contributed by atoms with Gasteiger partial charge in [0.2, 0.25) is 0 Å². The summed E-state index contributed by atoms with van der Waals surface area (Å²) in [5.41, 5.74) is 2.50. The van der Waals surface area contributed by atoms with Crippen LogP contribution in [0.2, 0.25) is 0 Å². The van der Waals surface area contributed by atoms with Crippen molar-refractivity contribution in [2.24, 2.45) is 0 Å². The van der Waals surface area contributed by atoms with E-state index in [2.05, 4.69) is 9.97 Å². The summed E-state index contributed by atoms with van der Waals surface area (Å²) in [6.45, 7) is 2.20. The summed E-state index contributed by atoms with van der Waals surface area (Å²) in [6.07, 6.45) is 5.20. The summed E-state index contributed by atoms with van der Waals surface area (Å²) in [4.78, 5) is 8.78. The molecule has 8 nitrogen and oxygen atoms in total. The van der Waals surface area contributed by atoms with Gasteiger partial charge in [-0.25, -0.2) is 9.97 Å². The normalized spacial score (nSPS) is 31.0. The van der Waals surface area contributed by atoms with Gasteiger partial charge in [0.1, 0.15) is 29.8 Å². The fourth-order valence-corrected chi connectivity index (χ4v) is 4.08. The molecular weight excluding hydrogens is 338 g/mol. The van der Waals surface area contributed by atoms with Gasteiger partial charge in [-0.05, 0) is 13.0 Å². The molecule has 2 aliphatic heterocycles. The fourth-order valence-electron chi connectivity index (χ4n) is 4.08. The Morgan fingerprint density at radius 3 is 2.88 bits per heavy atom. The number of hydrogen-bond acceptors (Lipinski definition) is 7. The van der Waals surface area contributed by atoms with Gasteiger partial charge in [0.25, 0.3) is 0 Å². The summed E-state index contributed by atoms with van der Waals surface area (Å²) < 4.78 is 18.9. The Morgan fingerprint density at radius 2 is 2.23 bits per heavy atom. The van der Waals surface area contributed by atoms with Gasteiger partial charge in [-0.1, -0.05) is 0 Å². The second kappa shape index (κ2) is 5.62. The number of nitrogens with zero attached hydrogens (tertiary/aromatic N) is 3. The van der Waals surface area contributed by atoms with Crippen LogP contribution in [-0.4, -0.2) is 55.8 Å². The molecule has 0 aromatic carbocycles. The number of aromatic nitrogens is 3. The van der Waals surface area contributed by atoms with Gasteiger partial charge in [-0.2, -0.15) is 0 Å². The minimum absolute atomic E-state index is 0.273. The van der Waals surface area contributed by atoms with E-state index in [-0.39, 0.29) is 6.61 Å². The second-order valence-electron chi connectivity index (χ2n) is 6.83. The third-order valence-electron chi connectivity index (χ3n) is 5.50. The molecule has 26 heavy (non-hydrogen) atoms. The van der Waals surface area contributed by atoms with E-state index < -0.39 is 24.0 Å². The number of furan rings is 1. The van der Waals surface area contributed by atoms with Crippen molar-refractivity contribution >= 4 is 11.0 Å². The fraction of sp³-hybridized carbons (Fsp3) is 0.444. The Morgan fingerprint density at radius 1 is 1.38 bits per heavy atom. The van der Waals surface area contributed by atoms with Crippen molar-refractivity contribution in [1.82, 2.24) is 14.5 Å². The van der Waals surface area contributed by atoms with Crippen LogP contribution in [0.15, 0.2) is 35.5 Å². The zero-order chi connectivity index (χ0) is 17.9. The van der Waals surface area contributed by atoms with Gasteiger partial charge in [0.15, 0.2) is 6.23 Å². The predicted octanol–water partition coefficient (Wildman–Crippen LogP) is 1.41. The average Bonchev–Trinajstić information content (AvgIpc) is 3.29. The van der Waals surface area contributed by atoms with Crippen molar-refractivity contribution in [2.45, 2.75) is 37.4 Å². The zero-order valence-electron chi connectivity index (χ0n) is 14.2. The molecular formula is C18H19N3O5. The largest absolute Gasteiger partial charge is 0.472 e. The van der Waals surface area contributed by atoms with Crippen LogP contribution in [0.1, 0.15) is 18.3 Å². The van der Waals surface area contributed by atoms with Crippen LogP contribution in [0.4, 0.5) is 0 Å². The van der Waals surface area contributed by atoms with E-state index in [9.17, 15) is 10.2 Å². The van der Waals surface area contributed by atoms with E-state index in [1.807, 2.05) is 23.8 Å². The number of ether oxygens (including phenoxy) is 2. The number of aliphatic hydroxyl groups is 2. The van der Waals surface area contributed by atoms with Crippen LogP contribution in [0.25, 0.3) is 22.2 Å². The molecule has 2 saturated heterocycles. The number of fused-ring (bicyclic) bond motifs is 1. The zero-order valence-corrected chi connectivity index (χ0v) is 14.2. The van der Waals surface area contributed by atoms with Crippen LogP contribution in [-0.2, 0) is 9.47 Å². The van der Waals surface area contributed by atoms with Crippen molar-refractivity contribution in [3.63, 3.8) is 0 Å². The van der Waals surface area contributed by atoms with Crippen LogP contribution in [0.3, 0.4) is 0 Å². The lowest BCUT2D eigenvalue weighted by Crippen LogP contribution is -2.56. The Labute approximate surface area is 149 Å². The van der Waals surface area contributed by atoms with Crippen LogP contribution in [0.5, 0.6) is 0 Å². The third kappa shape index (κ3) is 1.98. The van der Waals surface area contributed by atoms with E-state index in [0.29, 0.717) is 18.7 Å². The Balaban J connectivity index is 1.72. The molecule has 2 fully saturated rings. The molecule has 0 radical (unpaired) electrons. The number of rotatable bonds is 3. The summed E-state index contributed by atoms with van der Waals surface area (Å²) in [6, 6.07) is 1.88. The molecule has 0 unspecified atom stereocenters. The van der Waals surface area contributed by atoms with E-state index in [4.69, 9.17) is 13.9 Å². The standard InChI is InChI=1S/C18H19N3O5/c1-10-14-12(11-2-4-24-8-11)6-21(16(14)20-9-19-10)17-18(3-5-25-18)15(23)13(7-22)26-17/h2,4,6,8-9,13,15,17,22-23H,3,5,7H2,1H3/t13-,15-,17-,18-/m1/s1. The highest BCUT2D eigenvalue weighted by Crippen LogP contribution is 2.50. The second-order valence-corrected chi connectivity index (χ2v) is 6.83. The van der Waals surface area contributed by atoms with Gasteiger partial charge in [0, 0.05) is 29.1 Å². The molecule has 3 aromatic rings. The van der Waals surface area contributed by atoms with Crippen molar-refractivity contribution in [3.8, 4) is 11.1 Å². The molecule has 0 bridgehead atoms. The first-order chi connectivity index (χ1) is 12.7. The van der Waals surface area contributed by atoms with Gasteiger partial charge >= 0.3 is 0 Å². The first-order valence-corrected chi connectivity index (χ1v) is 8.59. The van der Waals surface area contributed by atoms with E-state index in [1.165, 1.54) is 6.33 Å². The first kappa shape index (κ1) is 16.0. The van der Waals surface area contributed by atoms with Gasteiger partial charge in [-0.3, -0.25) is 0 Å². The molecule has 4 atom stereocenters. The molecule has 136 valence electrons. The minimum Gasteiger partial charge on any atom is -0.472 e. The van der Waals surface area contributed by atoms with Gasteiger partial charge in [0.05, 0.1) is 31.4 Å². The van der Waals surface area contributed by atoms with Crippen molar-refractivity contribution in [1.29, 1.82) is 0 Å². The van der Waals surface area contributed by atoms with E-state index >= 15 is 0 Å². The van der Waals surface area contributed by atoms with Crippen molar-refractivity contribution < 1.29 is 24.1 Å². The molecule has 1 spiro atoms. The lowest BCUT2D eigenvalue weighted by atomic mass is 9.86. The SMILES string of the molecule is Cc1ncnc2c1c(-c1ccoc1)cn2[C@@H]1O[C@H](CO)[C@@H](O)[C@]12CCO2. The summed E-state index contributed by atoms with van der Waals surface area (Å²) in [7, 11) is 0. The third-order valence-corrected chi connectivity index (χ3v) is 5.50. The number of aryl methyl sites for hydroxylation is 1. The lowest BCUT2D eigenvalue weighted by molar-refractivity contribution is -0.225. The minimum atomic E-state index is -0.899. The highest BCUT2D eigenvalue weighted by molar-refractivity contribution is 5.95. The first-order valence-electron chi connectivity index (χ1n) is 8.59. The Bertz CT molecular complexity index is 947. The summed E-state index contributed by atoms with van der Waals surface area (Å²) in [5.74, 6) is 0. The number of hydrogen-bond donors (Lipinski definition) is 2. The maximum absolute atomic E-state index is 10.6. The molecule has 0 amide bonds. The molecule has 8 heteroatoms. The Hall–Kier alpha value is -2.26. The quantitative estimate of drug-likeness (QED) is 0.730. The maximum Gasteiger partial charge on any atom is 0.167 e. The topological polar surface area (TPSA) is 103 Å². The van der Waals surface area contributed by atoms with E-state index in [0.717, 1.165) is 22.2 Å². The smallest absolute Gasteiger partial charge is 0.167 e. The number of aliphatic hydroxyl groups excluding tert-OH is 2. The molecule has 0 saturated carbocycles. The monoisotopic (exact) mass is 357 g/mol. The van der Waals surface area contributed by atoms with Gasteiger partial charge in [-0.15, -0.1) is 0 Å². The molecule has 2 aliphatic rings. The summed E-state index contributed by atoms with van der Waals surface area (Å²) in [5, 5.41) is 21.1. The van der Waals surface area contributed by atoms with Crippen LogP contribution in [0, 0.1) is 6.92 Å². The van der Waals surface area contributed by atoms with Crippen LogP contribution >= 0.6 is 0 Å². The lowest BCUT2D eigenvalue weighted by Gasteiger charge is -2.44. The summed E-state index contributed by atoms with van der Waals surface area (Å²) >= 11 is 0. The molecule has 3 aromatic heterocycles. The van der Waals surface area contributed by atoms with E-state index in [1.54, 1.807) is 12.5 Å². The molecule has 5 rings (SSSR count). The highest BCUT2D eigenvalue weighted by atomic mass is 16.6. The van der Waals surface area contributed by atoms with Crippen LogP contribution < -0.4 is 0 Å². The average molecular weight is 357 g/mol. The predicted molar refractivity (Wildman–Crippen MR) is 90.3 cm³/mol. The highest BCUT2D eigenvalue weighted by Gasteiger charge is 2.61. The maximum atomic E-state index is 10.6. The van der Waals surface area contributed by atoms with Gasteiger partial charge < -0.3 is 28.7 Å². The molecule has 0 aliphatic carbocycles. The van der Waals surface area contributed by atoms with Crippen molar-refractivity contribution in [3.05, 3.63) is 36.8 Å². The molecule has 5 heterocycles.